The van der Waals surface area contributed by atoms with Gasteiger partial charge in [-0.25, -0.2) is 0 Å². The number of aliphatic hydroxyl groups excluding tert-OH is 1. The molecule has 0 bridgehead atoms. The van der Waals surface area contributed by atoms with E-state index in [-0.39, 0.29) is 6.61 Å². The molecular formula is C12H10Br2O2S. The predicted octanol–water partition coefficient (Wildman–Crippen LogP) is 4.34. The van der Waals surface area contributed by atoms with Crippen molar-refractivity contribution >= 4 is 43.2 Å². The first-order valence-corrected chi connectivity index (χ1v) is 7.42. The smallest absolute Gasteiger partial charge is 0.139 e. The number of benzene rings is 1. The van der Waals surface area contributed by atoms with Gasteiger partial charge in [-0.05, 0) is 49.4 Å². The van der Waals surface area contributed by atoms with Crippen LogP contribution in [-0.4, -0.2) is 5.11 Å². The summed E-state index contributed by atoms with van der Waals surface area (Å²) in [6.07, 6.45) is 0. The van der Waals surface area contributed by atoms with Gasteiger partial charge in [-0.15, -0.1) is 11.3 Å². The average Bonchev–Trinajstić information content (AvgIpc) is 2.73. The van der Waals surface area contributed by atoms with Crippen LogP contribution in [0, 0.1) is 0 Å². The van der Waals surface area contributed by atoms with E-state index in [4.69, 9.17) is 4.74 Å². The number of halogens is 2. The van der Waals surface area contributed by atoms with Gasteiger partial charge in [0, 0.05) is 10.0 Å². The van der Waals surface area contributed by atoms with E-state index in [1.165, 1.54) is 0 Å². The second-order valence-corrected chi connectivity index (χ2v) is 6.08. The molecule has 90 valence electrons. The van der Waals surface area contributed by atoms with Crippen molar-refractivity contribution in [2.24, 2.45) is 0 Å². The average molecular weight is 378 g/mol. The summed E-state index contributed by atoms with van der Waals surface area (Å²) in [5.41, 5.74) is 0.784. The monoisotopic (exact) mass is 376 g/mol. The van der Waals surface area contributed by atoms with E-state index < -0.39 is 0 Å². The lowest BCUT2D eigenvalue weighted by atomic mass is 10.2. The van der Waals surface area contributed by atoms with Crippen LogP contribution in [0.4, 0.5) is 0 Å². The highest BCUT2D eigenvalue weighted by atomic mass is 79.9. The molecule has 0 fully saturated rings. The molecule has 0 saturated heterocycles. The molecule has 5 heteroatoms. The summed E-state index contributed by atoms with van der Waals surface area (Å²) in [4.78, 5) is 1.13. The van der Waals surface area contributed by atoms with E-state index in [9.17, 15) is 5.11 Å². The normalized spacial score (nSPS) is 10.5. The number of thiophene rings is 1. The van der Waals surface area contributed by atoms with Crippen molar-refractivity contribution in [2.75, 3.05) is 0 Å². The van der Waals surface area contributed by atoms with Gasteiger partial charge in [0.2, 0.25) is 0 Å². The van der Waals surface area contributed by atoms with Crippen molar-refractivity contribution in [3.63, 3.8) is 0 Å². The van der Waals surface area contributed by atoms with Crippen LogP contribution in [0.2, 0.25) is 0 Å². The number of aliphatic hydroxyl groups is 1. The van der Waals surface area contributed by atoms with E-state index in [0.717, 1.165) is 19.4 Å². The summed E-state index contributed by atoms with van der Waals surface area (Å²) < 4.78 is 7.67. The Morgan fingerprint density at radius 1 is 1.18 bits per heavy atom. The molecule has 2 aromatic rings. The van der Waals surface area contributed by atoms with Crippen molar-refractivity contribution < 1.29 is 9.84 Å². The fourth-order valence-corrected chi connectivity index (χ4v) is 3.31. The van der Waals surface area contributed by atoms with Gasteiger partial charge in [-0.2, -0.15) is 0 Å². The van der Waals surface area contributed by atoms with E-state index in [1.54, 1.807) is 11.3 Å². The van der Waals surface area contributed by atoms with Gasteiger partial charge in [0.05, 0.1) is 16.0 Å². The maximum Gasteiger partial charge on any atom is 0.139 e. The summed E-state index contributed by atoms with van der Waals surface area (Å²) >= 11 is 8.53. The Balaban J connectivity index is 2.16. The molecule has 0 unspecified atom stereocenters. The molecule has 0 spiro atoms. The molecule has 1 heterocycles. The molecule has 0 radical (unpaired) electrons. The topological polar surface area (TPSA) is 29.5 Å². The van der Waals surface area contributed by atoms with Crippen LogP contribution in [0.1, 0.15) is 10.4 Å². The second kappa shape index (κ2) is 6.00. The SMILES string of the molecule is OCc1cccc(Br)c1OCc1sccc1Br. The van der Waals surface area contributed by atoms with E-state index in [2.05, 4.69) is 31.9 Å². The third-order valence-electron chi connectivity index (χ3n) is 2.26. The standard InChI is InChI=1S/C12H10Br2O2S/c13-9-4-5-17-11(9)7-16-12-8(6-15)2-1-3-10(12)14/h1-5,15H,6-7H2. The molecule has 2 nitrogen and oxygen atoms in total. The minimum Gasteiger partial charge on any atom is -0.486 e. The van der Waals surface area contributed by atoms with Gasteiger partial charge in [-0.3, -0.25) is 0 Å². The predicted molar refractivity (Wildman–Crippen MR) is 76.4 cm³/mol. The molecule has 0 saturated carbocycles. The van der Waals surface area contributed by atoms with Gasteiger partial charge in [0.25, 0.3) is 0 Å². The summed E-state index contributed by atoms with van der Waals surface area (Å²) in [7, 11) is 0. The van der Waals surface area contributed by atoms with Crippen LogP contribution in [-0.2, 0) is 13.2 Å². The lowest BCUT2D eigenvalue weighted by molar-refractivity contribution is 0.259. The fraction of sp³-hybridized carbons (Fsp3) is 0.167. The molecule has 1 aromatic carbocycles. The van der Waals surface area contributed by atoms with Crippen LogP contribution in [0.25, 0.3) is 0 Å². The van der Waals surface area contributed by atoms with E-state index in [1.807, 2.05) is 29.6 Å². The Bertz CT molecular complexity index is 511. The lowest BCUT2D eigenvalue weighted by Gasteiger charge is -2.11. The lowest BCUT2D eigenvalue weighted by Crippen LogP contribution is -1.98. The maximum absolute atomic E-state index is 9.25. The molecule has 0 aliphatic carbocycles. The largest absolute Gasteiger partial charge is 0.486 e. The molecular weight excluding hydrogens is 368 g/mol. The van der Waals surface area contributed by atoms with Gasteiger partial charge < -0.3 is 9.84 Å². The minimum absolute atomic E-state index is 0.0274. The quantitative estimate of drug-likeness (QED) is 0.858. The van der Waals surface area contributed by atoms with Crippen LogP contribution in [0.3, 0.4) is 0 Å². The number of rotatable bonds is 4. The minimum atomic E-state index is -0.0274. The van der Waals surface area contributed by atoms with Crippen molar-refractivity contribution in [1.29, 1.82) is 0 Å². The summed E-state index contributed by atoms with van der Waals surface area (Å²) in [6.45, 7) is 0.467. The summed E-state index contributed by atoms with van der Waals surface area (Å²) in [6, 6.07) is 7.63. The first-order chi connectivity index (χ1) is 8.22. The fourth-order valence-electron chi connectivity index (χ4n) is 1.41. The molecule has 0 aliphatic heterocycles. The van der Waals surface area contributed by atoms with E-state index in [0.29, 0.717) is 12.4 Å². The molecule has 1 aromatic heterocycles. The number of hydrogen-bond donors (Lipinski definition) is 1. The third kappa shape index (κ3) is 3.10. The van der Waals surface area contributed by atoms with Crippen molar-refractivity contribution in [3.8, 4) is 5.75 Å². The Labute approximate surface area is 121 Å². The highest BCUT2D eigenvalue weighted by molar-refractivity contribution is 9.10. The molecule has 17 heavy (non-hydrogen) atoms. The second-order valence-electron chi connectivity index (χ2n) is 3.37. The van der Waals surface area contributed by atoms with Crippen molar-refractivity contribution in [2.45, 2.75) is 13.2 Å². The first-order valence-electron chi connectivity index (χ1n) is 4.95. The first kappa shape index (κ1) is 13.1. The highest BCUT2D eigenvalue weighted by Crippen LogP contribution is 2.31. The molecule has 2 rings (SSSR count). The van der Waals surface area contributed by atoms with Gasteiger partial charge in [-0.1, -0.05) is 12.1 Å². The van der Waals surface area contributed by atoms with Gasteiger partial charge >= 0.3 is 0 Å². The van der Waals surface area contributed by atoms with Crippen molar-refractivity contribution in [1.82, 2.24) is 0 Å². The van der Waals surface area contributed by atoms with Gasteiger partial charge in [0.1, 0.15) is 12.4 Å². The molecule has 0 amide bonds. The van der Waals surface area contributed by atoms with Crippen molar-refractivity contribution in [3.05, 3.63) is 49.0 Å². The number of ether oxygens (including phenoxy) is 1. The number of hydrogen-bond acceptors (Lipinski definition) is 3. The van der Waals surface area contributed by atoms with Crippen LogP contribution in [0.5, 0.6) is 5.75 Å². The molecule has 1 N–H and O–H groups in total. The number of para-hydroxylation sites is 1. The maximum atomic E-state index is 9.25. The van der Waals surface area contributed by atoms with Crippen LogP contribution in [0.15, 0.2) is 38.6 Å². The zero-order chi connectivity index (χ0) is 12.3. The Kier molecular flexibility index (Phi) is 4.62. The zero-order valence-electron chi connectivity index (χ0n) is 8.82. The Hall–Kier alpha value is -0.360. The highest BCUT2D eigenvalue weighted by Gasteiger charge is 2.09. The van der Waals surface area contributed by atoms with Crippen LogP contribution >= 0.6 is 43.2 Å². The Morgan fingerprint density at radius 2 is 2.00 bits per heavy atom. The summed E-state index contributed by atoms with van der Waals surface area (Å²) in [5.74, 6) is 0.704. The van der Waals surface area contributed by atoms with Gasteiger partial charge in [0.15, 0.2) is 0 Å². The molecule has 0 aliphatic rings. The summed E-state index contributed by atoms with van der Waals surface area (Å²) in [5, 5.41) is 11.3. The van der Waals surface area contributed by atoms with E-state index >= 15 is 0 Å². The van der Waals surface area contributed by atoms with Crippen LogP contribution < -0.4 is 4.74 Å². The molecule has 0 atom stereocenters. The Morgan fingerprint density at radius 3 is 2.65 bits per heavy atom. The zero-order valence-corrected chi connectivity index (χ0v) is 12.8. The third-order valence-corrected chi connectivity index (χ3v) is 4.78.